The summed E-state index contributed by atoms with van der Waals surface area (Å²) in [6.45, 7) is -0.103. The van der Waals surface area contributed by atoms with Crippen molar-refractivity contribution in [2.24, 2.45) is 0 Å². The summed E-state index contributed by atoms with van der Waals surface area (Å²) in [6, 6.07) is 0. The Kier molecular flexibility index (Phi) is 4.64. The zero-order valence-corrected chi connectivity index (χ0v) is 8.24. The lowest BCUT2D eigenvalue weighted by Gasteiger charge is -2.08. The Balaban J connectivity index is 1.98. The van der Waals surface area contributed by atoms with Gasteiger partial charge in [-0.3, -0.25) is 0 Å². The van der Waals surface area contributed by atoms with Crippen LogP contribution in [0.2, 0.25) is 0 Å². The Morgan fingerprint density at radius 1 is 1.38 bits per heavy atom. The van der Waals surface area contributed by atoms with E-state index in [1.165, 1.54) is 0 Å². The van der Waals surface area contributed by atoms with Crippen LogP contribution in [0.4, 0.5) is 0 Å². The quantitative estimate of drug-likeness (QED) is 0.396. The first-order valence-electron chi connectivity index (χ1n) is 4.20. The molecule has 74 valence electrons. The number of carbonyl (C=O) groups is 1. The van der Waals surface area contributed by atoms with E-state index in [1.807, 2.05) is 12.2 Å². The molecule has 1 aliphatic heterocycles. The fourth-order valence-corrected chi connectivity index (χ4v) is 2.53. The molecule has 13 heavy (non-hydrogen) atoms. The molecule has 0 saturated heterocycles. The highest BCUT2D eigenvalue weighted by Gasteiger charge is 2.01. The van der Waals surface area contributed by atoms with Crippen LogP contribution in [-0.4, -0.2) is 30.0 Å². The summed E-state index contributed by atoms with van der Waals surface area (Å²) in [7, 11) is -0.0952. The molecule has 0 fully saturated rings. The summed E-state index contributed by atoms with van der Waals surface area (Å²) >= 11 is 0. The number of aliphatic hydroxyl groups is 1. The fraction of sp³-hybridized carbons (Fsp3) is 0.444. The van der Waals surface area contributed by atoms with Crippen molar-refractivity contribution >= 4 is 16.9 Å². The maximum absolute atomic E-state index is 10.5. The fourth-order valence-electron chi connectivity index (χ4n) is 0.998. The number of thiol groups is 1. The predicted octanol–water partition coefficient (Wildman–Crippen LogP) is 0.954. The highest BCUT2D eigenvalue weighted by atomic mass is 32.2. The van der Waals surface area contributed by atoms with Crippen molar-refractivity contribution in [1.29, 1.82) is 0 Å². The third-order valence-electron chi connectivity index (χ3n) is 1.62. The van der Waals surface area contributed by atoms with Crippen LogP contribution >= 0.6 is 10.9 Å². The molecule has 1 aliphatic rings. The van der Waals surface area contributed by atoms with Crippen LogP contribution in [0.1, 0.15) is 6.42 Å². The number of carbonyl (C=O) groups excluding carboxylic acids is 1. The van der Waals surface area contributed by atoms with E-state index in [0.29, 0.717) is 6.61 Å². The van der Waals surface area contributed by atoms with Crippen molar-refractivity contribution in [1.82, 2.24) is 0 Å². The Labute approximate surface area is 80.4 Å². The number of hydrogen-bond donors (Lipinski definition) is 2. The second-order valence-corrected chi connectivity index (χ2v) is 4.72. The average molecular weight is 202 g/mol. The molecular formula is C9H14O3S. The van der Waals surface area contributed by atoms with Crippen molar-refractivity contribution in [2.75, 3.05) is 19.0 Å². The second kappa shape index (κ2) is 5.83. The number of rotatable bonds is 5. The maximum atomic E-state index is 10.5. The molecule has 0 amide bonds. The van der Waals surface area contributed by atoms with Crippen LogP contribution in [0.15, 0.2) is 23.0 Å². The molecule has 1 heterocycles. The predicted molar refractivity (Wildman–Crippen MR) is 54.8 cm³/mol. The van der Waals surface area contributed by atoms with Gasteiger partial charge in [-0.1, -0.05) is 12.2 Å². The minimum atomic E-state index is -0.537. The van der Waals surface area contributed by atoms with Crippen LogP contribution in [0.5, 0.6) is 0 Å². The van der Waals surface area contributed by atoms with E-state index in [4.69, 9.17) is 9.84 Å². The monoisotopic (exact) mass is 202 g/mol. The van der Waals surface area contributed by atoms with Crippen molar-refractivity contribution in [2.45, 2.75) is 6.42 Å². The number of aliphatic hydroxyl groups excluding tert-OH is 1. The van der Waals surface area contributed by atoms with Crippen LogP contribution in [0.3, 0.4) is 0 Å². The number of allylic oxidation sites excluding steroid dienone is 2. The Bertz CT molecular complexity index is 211. The molecule has 0 aromatic heterocycles. The minimum absolute atomic E-state index is 0.0952. The average Bonchev–Trinajstić information content (AvgIpc) is 2.64. The van der Waals surface area contributed by atoms with Gasteiger partial charge in [-0.25, -0.2) is 15.7 Å². The van der Waals surface area contributed by atoms with E-state index in [0.717, 1.165) is 12.2 Å². The molecule has 3 nitrogen and oxygen atoms in total. The van der Waals surface area contributed by atoms with Gasteiger partial charge in [0.05, 0.1) is 6.61 Å². The highest BCUT2D eigenvalue weighted by Crippen LogP contribution is 2.32. The molecule has 0 unspecified atom stereocenters. The zero-order chi connectivity index (χ0) is 9.52. The van der Waals surface area contributed by atoms with Crippen LogP contribution in [-0.2, 0) is 9.53 Å². The number of ether oxygens (including phenoxy) is 1. The molecule has 1 N–H and O–H groups in total. The van der Waals surface area contributed by atoms with Crippen molar-refractivity contribution in [3.63, 3.8) is 0 Å². The summed E-state index contributed by atoms with van der Waals surface area (Å²) in [5, 5.41) is 12.7. The maximum Gasteiger partial charge on any atom is 0.331 e. The molecule has 0 spiro atoms. The van der Waals surface area contributed by atoms with E-state index in [1.54, 1.807) is 0 Å². The van der Waals surface area contributed by atoms with Gasteiger partial charge in [-0.05, 0) is 23.0 Å². The van der Waals surface area contributed by atoms with Gasteiger partial charge in [0.1, 0.15) is 6.61 Å². The van der Waals surface area contributed by atoms with Gasteiger partial charge < -0.3 is 9.84 Å². The molecule has 0 radical (unpaired) electrons. The molecule has 0 aromatic carbocycles. The van der Waals surface area contributed by atoms with E-state index in [9.17, 15) is 4.79 Å². The standard InChI is InChI=1S/C9H14O3S/c10-8-9(11)12-4-3-7-13-5-1-2-6-13/h1-2,5-6,10,13H,3-4,7-8H2. The van der Waals surface area contributed by atoms with Crippen LogP contribution in [0, 0.1) is 0 Å². The molecular weight excluding hydrogens is 188 g/mol. The van der Waals surface area contributed by atoms with E-state index in [-0.39, 0.29) is 10.9 Å². The van der Waals surface area contributed by atoms with E-state index < -0.39 is 12.6 Å². The SMILES string of the molecule is O=C(CO)OCCC[SH]1C=CC=C1. The van der Waals surface area contributed by atoms with Gasteiger partial charge in [0.25, 0.3) is 0 Å². The first-order chi connectivity index (χ1) is 6.33. The lowest BCUT2D eigenvalue weighted by atomic mass is 10.5. The smallest absolute Gasteiger partial charge is 0.331 e. The normalized spacial score (nSPS) is 16.5. The molecule has 0 saturated carbocycles. The Hall–Kier alpha value is -0.740. The summed E-state index contributed by atoms with van der Waals surface area (Å²) in [5.41, 5.74) is 0. The molecule has 0 aromatic rings. The van der Waals surface area contributed by atoms with Crippen molar-refractivity contribution in [3.05, 3.63) is 23.0 Å². The third-order valence-corrected chi connectivity index (χ3v) is 3.56. The zero-order valence-electron chi connectivity index (χ0n) is 7.35. The number of hydrogen-bond acceptors (Lipinski definition) is 3. The van der Waals surface area contributed by atoms with Gasteiger partial charge in [0.15, 0.2) is 0 Å². The first-order valence-corrected chi connectivity index (χ1v) is 5.86. The van der Waals surface area contributed by atoms with Gasteiger partial charge in [-0.15, -0.1) is 0 Å². The summed E-state index contributed by atoms with van der Waals surface area (Å²) in [6.07, 6.45) is 4.96. The lowest BCUT2D eigenvalue weighted by Crippen LogP contribution is -2.10. The molecule has 0 atom stereocenters. The highest BCUT2D eigenvalue weighted by molar-refractivity contribution is 8.22. The van der Waals surface area contributed by atoms with E-state index in [2.05, 4.69) is 10.8 Å². The van der Waals surface area contributed by atoms with Gasteiger partial charge in [0, 0.05) is 0 Å². The largest absolute Gasteiger partial charge is 0.464 e. The number of esters is 1. The summed E-state index contributed by atoms with van der Waals surface area (Å²) < 4.78 is 4.72. The van der Waals surface area contributed by atoms with Crippen LogP contribution < -0.4 is 0 Å². The first kappa shape index (κ1) is 10.3. The molecule has 0 aliphatic carbocycles. The topological polar surface area (TPSA) is 46.5 Å². The third kappa shape index (κ3) is 4.15. The Morgan fingerprint density at radius 2 is 2.08 bits per heavy atom. The molecule has 1 rings (SSSR count). The van der Waals surface area contributed by atoms with Gasteiger partial charge in [-0.2, -0.15) is 0 Å². The van der Waals surface area contributed by atoms with Crippen molar-refractivity contribution < 1.29 is 14.6 Å². The Morgan fingerprint density at radius 3 is 2.69 bits per heavy atom. The van der Waals surface area contributed by atoms with Crippen molar-refractivity contribution in [3.8, 4) is 0 Å². The van der Waals surface area contributed by atoms with Gasteiger partial charge >= 0.3 is 5.97 Å². The molecule has 0 bridgehead atoms. The minimum Gasteiger partial charge on any atom is -0.464 e. The van der Waals surface area contributed by atoms with E-state index >= 15 is 0 Å². The molecule has 4 heteroatoms. The van der Waals surface area contributed by atoms with Gasteiger partial charge in [0.2, 0.25) is 0 Å². The summed E-state index contributed by atoms with van der Waals surface area (Å²) in [4.78, 5) is 10.5. The summed E-state index contributed by atoms with van der Waals surface area (Å²) in [5.74, 6) is 0.520. The lowest BCUT2D eigenvalue weighted by molar-refractivity contribution is -0.146. The second-order valence-electron chi connectivity index (χ2n) is 2.65. The van der Waals surface area contributed by atoms with Crippen LogP contribution in [0.25, 0.3) is 0 Å².